The molecule has 2 aliphatic rings. The van der Waals surface area contributed by atoms with Gasteiger partial charge in [0.2, 0.25) is 0 Å². The van der Waals surface area contributed by atoms with E-state index >= 15 is 0 Å². The van der Waals surface area contributed by atoms with E-state index < -0.39 is 23.2 Å². The molecule has 9 nitrogen and oxygen atoms in total. The van der Waals surface area contributed by atoms with E-state index in [1.54, 1.807) is 14.2 Å². The maximum atomic E-state index is 10.3. The van der Waals surface area contributed by atoms with Crippen LogP contribution in [0.3, 0.4) is 0 Å². The van der Waals surface area contributed by atoms with Crippen molar-refractivity contribution in [3.05, 3.63) is 65.2 Å². The highest BCUT2D eigenvalue weighted by Gasteiger charge is 2.40. The molecule has 0 bridgehead atoms. The van der Waals surface area contributed by atoms with Crippen molar-refractivity contribution in [1.82, 2.24) is 0 Å². The molecule has 2 atom stereocenters. The van der Waals surface area contributed by atoms with E-state index in [9.17, 15) is 4.79 Å². The third-order valence-corrected chi connectivity index (χ3v) is 5.50. The normalized spacial score (nSPS) is 17.2. The van der Waals surface area contributed by atoms with Crippen LogP contribution in [0, 0.1) is 0 Å². The molecule has 0 radical (unpaired) electrons. The van der Waals surface area contributed by atoms with Crippen molar-refractivity contribution in [2.75, 3.05) is 20.8 Å². The molecule has 2 aliphatic heterocycles. The third-order valence-electron chi connectivity index (χ3n) is 5.50. The van der Waals surface area contributed by atoms with Gasteiger partial charge in [0, 0.05) is 23.3 Å². The number of carboxylic acids is 1. The van der Waals surface area contributed by atoms with E-state index in [1.807, 2.05) is 30.3 Å². The molecule has 3 aromatic rings. The Morgan fingerprint density at radius 1 is 0.879 bits per heavy atom. The number of aromatic carboxylic acids is 1. The molecule has 0 fully saturated rings. The Hall–Kier alpha value is -4.27. The number of hydrogen-bond donors (Lipinski definition) is 4. The second-order valence-electron chi connectivity index (χ2n) is 7.43. The van der Waals surface area contributed by atoms with Gasteiger partial charge in [0.1, 0.15) is 29.1 Å². The number of ether oxygens (including phenoxy) is 4. The highest BCUT2D eigenvalue weighted by atomic mass is 16.5. The minimum absolute atomic E-state index is 0.00163. The average Bonchev–Trinajstić information content (AvgIpc) is 3.20. The zero-order valence-electron chi connectivity index (χ0n) is 17.8. The Labute approximate surface area is 189 Å². The molecule has 2 unspecified atom stereocenters. The lowest BCUT2D eigenvalue weighted by atomic mass is 9.89. The molecule has 3 aromatic carbocycles. The molecule has 4 N–H and O–H groups in total. The van der Waals surface area contributed by atoms with Gasteiger partial charge in [0.25, 0.3) is 0 Å². The third kappa shape index (κ3) is 4.12. The molecule has 0 amide bonds. The van der Waals surface area contributed by atoms with Crippen molar-refractivity contribution in [1.29, 1.82) is 0 Å². The molecule has 0 saturated heterocycles. The molecule has 9 heteroatoms. The molecule has 0 aliphatic carbocycles. The molecule has 0 saturated carbocycles. The highest BCUT2D eigenvalue weighted by molar-refractivity contribution is 5.89. The number of phenols is 3. The summed E-state index contributed by atoms with van der Waals surface area (Å²) in [6.07, 6.45) is 0.00163. The molecule has 172 valence electrons. The zero-order chi connectivity index (χ0) is 23.7. The number of carbonyl (C=O) groups is 1. The first-order chi connectivity index (χ1) is 15.8. The van der Waals surface area contributed by atoms with Crippen molar-refractivity contribution >= 4 is 5.97 Å². The molecule has 33 heavy (non-hydrogen) atoms. The fraction of sp³-hybridized carbons (Fsp3) is 0.208. The Bertz CT molecular complexity index is 1180. The van der Waals surface area contributed by atoms with Gasteiger partial charge in [-0.2, -0.15) is 0 Å². The van der Waals surface area contributed by atoms with Crippen molar-refractivity contribution in [3.63, 3.8) is 0 Å². The summed E-state index contributed by atoms with van der Waals surface area (Å²) in [6, 6.07) is 13.5. The maximum absolute atomic E-state index is 10.3. The predicted octanol–water partition coefficient (Wildman–Crippen LogP) is 3.82. The summed E-state index contributed by atoms with van der Waals surface area (Å²) in [5, 5.41) is 35.0. The van der Waals surface area contributed by atoms with Crippen LogP contribution in [0.25, 0.3) is 0 Å². The van der Waals surface area contributed by atoms with Crippen LogP contribution in [0.2, 0.25) is 0 Å². The van der Waals surface area contributed by atoms with Crippen LogP contribution in [0.15, 0.2) is 48.5 Å². The maximum Gasteiger partial charge on any atom is 0.335 e. The second-order valence-corrected chi connectivity index (χ2v) is 7.43. The van der Waals surface area contributed by atoms with Crippen LogP contribution < -0.4 is 18.9 Å². The van der Waals surface area contributed by atoms with E-state index in [0.717, 1.165) is 40.7 Å². The van der Waals surface area contributed by atoms with E-state index in [-0.39, 0.29) is 17.6 Å². The number of aromatic hydroxyl groups is 3. The first-order valence-corrected chi connectivity index (χ1v) is 9.96. The van der Waals surface area contributed by atoms with Crippen molar-refractivity contribution in [2.45, 2.75) is 12.0 Å². The molecular formula is C24H22O9. The summed E-state index contributed by atoms with van der Waals surface area (Å²) in [7, 11) is 3.32. The second kappa shape index (κ2) is 8.70. The monoisotopic (exact) mass is 454 g/mol. The van der Waals surface area contributed by atoms with Crippen molar-refractivity contribution in [3.8, 4) is 40.2 Å². The number of fused-ring (bicyclic) bond motifs is 5. The van der Waals surface area contributed by atoms with Crippen molar-refractivity contribution in [2.24, 2.45) is 0 Å². The van der Waals surface area contributed by atoms with Crippen LogP contribution in [-0.4, -0.2) is 47.2 Å². The smallest absolute Gasteiger partial charge is 0.335 e. The van der Waals surface area contributed by atoms with E-state index in [2.05, 4.69) is 6.07 Å². The van der Waals surface area contributed by atoms with Gasteiger partial charge in [-0.1, -0.05) is 6.07 Å². The predicted molar refractivity (Wildman–Crippen MR) is 116 cm³/mol. The fourth-order valence-electron chi connectivity index (χ4n) is 3.80. The quantitative estimate of drug-likeness (QED) is 0.436. The van der Waals surface area contributed by atoms with Crippen LogP contribution in [0.5, 0.6) is 40.2 Å². The summed E-state index contributed by atoms with van der Waals surface area (Å²) in [6.45, 7) is 0.615. The van der Waals surface area contributed by atoms with Gasteiger partial charge in [-0.25, -0.2) is 4.79 Å². The molecule has 0 aromatic heterocycles. The van der Waals surface area contributed by atoms with Crippen LogP contribution in [-0.2, 0) is 0 Å². The van der Waals surface area contributed by atoms with Crippen LogP contribution in [0.4, 0.5) is 0 Å². The minimum Gasteiger partial charge on any atom is -0.504 e. The lowest BCUT2D eigenvalue weighted by molar-refractivity contribution is 0.0696. The van der Waals surface area contributed by atoms with Crippen LogP contribution in [0.1, 0.15) is 33.5 Å². The lowest BCUT2D eigenvalue weighted by Crippen LogP contribution is -2.23. The lowest BCUT2D eigenvalue weighted by Gasteiger charge is -2.28. The van der Waals surface area contributed by atoms with Crippen LogP contribution >= 0.6 is 0 Å². The van der Waals surface area contributed by atoms with E-state index in [0.29, 0.717) is 6.61 Å². The Kier molecular flexibility index (Phi) is 5.78. The number of carboxylic acid groups (broad SMARTS) is 1. The average molecular weight is 454 g/mol. The summed E-state index contributed by atoms with van der Waals surface area (Å²) in [4.78, 5) is 10.3. The standard InChI is InChI=1S/C17H16O4.C7H6O5/c1-18-10-4-6-13-15(7-10)20-9-14-12-5-3-11(19-2)8-16(12)21-17(13)14;8-4-1-3(7(11)12)2-5(9)6(4)10/h3-8,14,17H,9H2,1-2H3;1-2,8-10H,(H,11,12). The topological polar surface area (TPSA) is 135 Å². The van der Waals surface area contributed by atoms with Gasteiger partial charge in [0.05, 0.1) is 32.3 Å². The molecule has 2 heterocycles. The number of hydrogen-bond acceptors (Lipinski definition) is 8. The molecule has 5 rings (SSSR count). The summed E-state index contributed by atoms with van der Waals surface area (Å²) < 4.78 is 22.6. The van der Waals surface area contributed by atoms with Gasteiger partial charge < -0.3 is 39.4 Å². The van der Waals surface area contributed by atoms with Gasteiger partial charge >= 0.3 is 5.97 Å². The fourth-order valence-corrected chi connectivity index (χ4v) is 3.80. The first-order valence-electron chi connectivity index (χ1n) is 9.96. The van der Waals surface area contributed by atoms with Gasteiger partial charge in [-0.05, 0) is 30.3 Å². The first kappa shape index (κ1) is 21.9. The number of rotatable bonds is 3. The Morgan fingerprint density at radius 2 is 1.45 bits per heavy atom. The van der Waals surface area contributed by atoms with Gasteiger partial charge in [-0.3, -0.25) is 0 Å². The van der Waals surface area contributed by atoms with Gasteiger partial charge in [-0.15, -0.1) is 0 Å². The number of phenolic OH excluding ortho intramolecular Hbond substituents is 3. The molecule has 0 spiro atoms. The largest absolute Gasteiger partial charge is 0.504 e. The summed E-state index contributed by atoms with van der Waals surface area (Å²) in [5.41, 5.74) is 1.97. The molecular weight excluding hydrogens is 432 g/mol. The number of benzene rings is 3. The Morgan fingerprint density at radius 3 is 2.03 bits per heavy atom. The van der Waals surface area contributed by atoms with Gasteiger partial charge in [0.15, 0.2) is 17.2 Å². The zero-order valence-corrected chi connectivity index (χ0v) is 17.8. The Balaban J connectivity index is 0.000000185. The number of methoxy groups -OCH3 is 2. The van der Waals surface area contributed by atoms with E-state index in [4.69, 9.17) is 39.4 Å². The van der Waals surface area contributed by atoms with Crippen molar-refractivity contribution < 1.29 is 44.2 Å². The summed E-state index contributed by atoms with van der Waals surface area (Å²) >= 11 is 0. The highest BCUT2D eigenvalue weighted by Crippen LogP contribution is 2.52. The summed E-state index contributed by atoms with van der Waals surface area (Å²) in [5.74, 6) is 0.229. The minimum atomic E-state index is -1.29. The van der Waals surface area contributed by atoms with E-state index in [1.165, 1.54) is 5.56 Å². The SMILES string of the molecule is COc1ccc2c(c1)OC1c3ccc(OC)cc3OCC21.O=C(O)c1cc(O)c(O)c(O)c1.